The first-order chi connectivity index (χ1) is 18.4. The number of esters is 1. The molecule has 0 radical (unpaired) electrons. The molecule has 0 amide bonds. The number of nitrogens with two attached hydrogens (primary N) is 1. The Balaban J connectivity index is 1.73. The van der Waals surface area contributed by atoms with Gasteiger partial charge in [0.25, 0.3) is 10.0 Å². The number of rotatable bonds is 10. The summed E-state index contributed by atoms with van der Waals surface area (Å²) in [5.74, 6) is 0.489. The summed E-state index contributed by atoms with van der Waals surface area (Å²) in [6.45, 7) is 5.06. The zero-order valence-electron chi connectivity index (χ0n) is 22.2. The number of imidazole rings is 1. The second-order valence-electron chi connectivity index (χ2n) is 9.35. The number of nitrogens with one attached hydrogen (secondary N) is 1. The Morgan fingerprint density at radius 2 is 1.74 bits per heavy atom. The first-order valence-electron chi connectivity index (χ1n) is 12.3. The van der Waals surface area contributed by atoms with Crippen molar-refractivity contribution in [3.05, 3.63) is 84.2 Å². The van der Waals surface area contributed by atoms with Crippen LogP contribution in [0.15, 0.2) is 77.7 Å². The van der Waals surface area contributed by atoms with Crippen molar-refractivity contribution >= 4 is 38.5 Å². The molecule has 0 atom stereocenters. The Morgan fingerprint density at radius 1 is 1.08 bits per heavy atom. The lowest BCUT2D eigenvalue weighted by Gasteiger charge is -2.26. The maximum absolute atomic E-state index is 13.6. The topological polar surface area (TPSA) is 141 Å². The number of fused-ring (bicyclic) bond motifs is 1. The molecule has 4 aromatic rings. The molecule has 3 N–H and O–H groups in total. The van der Waals surface area contributed by atoms with Crippen LogP contribution in [-0.2, 0) is 32.2 Å². The maximum Gasteiger partial charge on any atom is 0.326 e. The minimum Gasteiger partial charge on any atom is -0.480 e. The van der Waals surface area contributed by atoms with Gasteiger partial charge in [0.05, 0.1) is 28.2 Å². The van der Waals surface area contributed by atoms with Crippen molar-refractivity contribution in [2.45, 2.75) is 31.3 Å². The molecule has 204 valence electrons. The molecule has 0 saturated carbocycles. The number of ether oxygens (including phenoxy) is 2. The monoisotopic (exact) mass is 549 g/mol. The predicted molar refractivity (Wildman–Crippen MR) is 149 cm³/mol. The summed E-state index contributed by atoms with van der Waals surface area (Å²) in [6.07, 6.45) is 0. The molecule has 11 heteroatoms. The summed E-state index contributed by atoms with van der Waals surface area (Å²) in [6, 6.07) is 19.9. The summed E-state index contributed by atoms with van der Waals surface area (Å²) in [5.41, 5.74) is 6.83. The predicted octanol–water partition coefficient (Wildman–Crippen LogP) is 3.93. The molecule has 10 nitrogen and oxygen atoms in total. The zero-order chi connectivity index (χ0) is 28.4. The number of benzene rings is 3. The van der Waals surface area contributed by atoms with Gasteiger partial charge in [0, 0.05) is 12.6 Å². The van der Waals surface area contributed by atoms with Gasteiger partial charge >= 0.3 is 5.97 Å². The number of nitrogens with zero attached hydrogens (tertiary/aromatic N) is 3. The summed E-state index contributed by atoms with van der Waals surface area (Å²) < 4.78 is 41.3. The van der Waals surface area contributed by atoms with E-state index in [4.69, 9.17) is 25.6 Å². The number of amidine groups is 1. The highest BCUT2D eigenvalue weighted by molar-refractivity contribution is 7.92. The Labute approximate surface area is 227 Å². The van der Waals surface area contributed by atoms with E-state index in [0.717, 1.165) is 9.82 Å². The third-order valence-corrected chi connectivity index (χ3v) is 7.93. The quantitative estimate of drug-likeness (QED) is 0.173. The summed E-state index contributed by atoms with van der Waals surface area (Å²) in [4.78, 5) is 17.2. The molecule has 39 heavy (non-hydrogen) atoms. The van der Waals surface area contributed by atoms with Crippen molar-refractivity contribution in [2.75, 3.05) is 17.5 Å². The lowest BCUT2D eigenvalue weighted by atomic mass is 10.1. The van der Waals surface area contributed by atoms with Crippen LogP contribution in [0, 0.1) is 5.41 Å². The first kappa shape index (κ1) is 27.6. The highest BCUT2D eigenvalue weighted by Gasteiger charge is 2.31. The highest BCUT2D eigenvalue weighted by Crippen LogP contribution is 2.32. The van der Waals surface area contributed by atoms with Crippen LogP contribution in [0.2, 0.25) is 0 Å². The van der Waals surface area contributed by atoms with E-state index < -0.39 is 28.1 Å². The Bertz CT molecular complexity index is 1610. The largest absolute Gasteiger partial charge is 0.480 e. The van der Waals surface area contributed by atoms with Gasteiger partial charge in [0.15, 0.2) is 11.4 Å². The van der Waals surface area contributed by atoms with E-state index >= 15 is 0 Å². The molecule has 0 spiro atoms. The van der Waals surface area contributed by atoms with Gasteiger partial charge in [-0.2, -0.15) is 0 Å². The van der Waals surface area contributed by atoms with Crippen LogP contribution in [0.5, 0.6) is 5.75 Å². The molecule has 0 unspecified atom stereocenters. The fraction of sp³-hybridized carbons (Fsp3) is 0.250. The minimum absolute atomic E-state index is 0.0294. The molecular weight excluding hydrogens is 518 g/mol. The van der Waals surface area contributed by atoms with Gasteiger partial charge in [-0.05, 0) is 75.4 Å². The number of nitrogen functional groups attached to an aromatic ring is 1. The van der Waals surface area contributed by atoms with Crippen molar-refractivity contribution < 1.29 is 22.7 Å². The minimum atomic E-state index is -4.07. The number of aryl methyl sites for hydroxylation is 1. The second-order valence-corrected chi connectivity index (χ2v) is 11.2. The van der Waals surface area contributed by atoms with E-state index in [1.807, 2.05) is 25.5 Å². The van der Waals surface area contributed by atoms with Crippen molar-refractivity contribution in [1.82, 2.24) is 9.55 Å². The molecule has 3 aromatic carbocycles. The molecule has 0 aliphatic rings. The fourth-order valence-electron chi connectivity index (χ4n) is 4.28. The highest BCUT2D eigenvalue weighted by atomic mass is 32.2. The fourth-order valence-corrected chi connectivity index (χ4v) is 5.71. The molecule has 4 rings (SSSR count). The van der Waals surface area contributed by atoms with Crippen LogP contribution in [0.3, 0.4) is 0 Å². The SMILES string of the molecule is CCOC(=O)CN(c1ccc2c(c1)nc(C(C)(C)Oc1ccc(C(=N)N)cc1)n2C)S(=O)(=O)c1ccccc1. The first-order valence-corrected chi connectivity index (χ1v) is 13.7. The number of carbonyl (C=O) groups is 1. The molecular formula is C28H31N5O5S. The Morgan fingerprint density at radius 3 is 2.36 bits per heavy atom. The number of anilines is 1. The Kier molecular flexibility index (Phi) is 7.64. The summed E-state index contributed by atoms with van der Waals surface area (Å²) in [7, 11) is -2.22. The molecule has 0 fully saturated rings. The number of hydrogen-bond donors (Lipinski definition) is 2. The van der Waals surface area contributed by atoms with Crippen LogP contribution in [0.25, 0.3) is 11.0 Å². The van der Waals surface area contributed by atoms with Gasteiger partial charge in [0.1, 0.15) is 18.1 Å². The van der Waals surface area contributed by atoms with Gasteiger partial charge in [0.2, 0.25) is 0 Å². The number of carbonyl (C=O) groups excluding carboxylic acids is 1. The normalized spacial score (nSPS) is 11.8. The van der Waals surface area contributed by atoms with Crippen molar-refractivity contribution in [1.29, 1.82) is 5.41 Å². The van der Waals surface area contributed by atoms with Crippen LogP contribution in [0.4, 0.5) is 5.69 Å². The lowest BCUT2D eigenvalue weighted by molar-refractivity contribution is -0.141. The standard InChI is InChI=1S/C28H31N5O5S/c1-5-37-25(34)18-33(39(35,36)22-9-7-6-8-10-22)20-13-16-24-23(17-20)31-27(32(24)4)28(2,3)38-21-14-11-19(12-15-21)26(29)30/h6-17H,5,18H2,1-4H3,(H3,29,30). The van der Waals surface area contributed by atoms with Crippen molar-refractivity contribution in [2.24, 2.45) is 12.8 Å². The average molecular weight is 550 g/mol. The van der Waals surface area contributed by atoms with Crippen LogP contribution in [-0.4, -0.2) is 42.9 Å². The number of aromatic nitrogens is 2. The van der Waals surface area contributed by atoms with Gasteiger partial charge < -0.3 is 19.8 Å². The zero-order valence-corrected chi connectivity index (χ0v) is 23.0. The van der Waals surface area contributed by atoms with Crippen molar-refractivity contribution in [3.8, 4) is 5.75 Å². The van der Waals surface area contributed by atoms with Crippen molar-refractivity contribution in [3.63, 3.8) is 0 Å². The van der Waals surface area contributed by atoms with Gasteiger partial charge in [-0.25, -0.2) is 13.4 Å². The van der Waals surface area contributed by atoms with E-state index in [-0.39, 0.29) is 23.0 Å². The third kappa shape index (κ3) is 5.73. The third-order valence-electron chi connectivity index (χ3n) is 6.14. The average Bonchev–Trinajstić information content (AvgIpc) is 3.24. The summed E-state index contributed by atoms with van der Waals surface area (Å²) >= 11 is 0. The van der Waals surface area contributed by atoms with Crippen LogP contribution in [0.1, 0.15) is 32.2 Å². The van der Waals surface area contributed by atoms with Gasteiger partial charge in [-0.15, -0.1) is 0 Å². The smallest absolute Gasteiger partial charge is 0.326 e. The lowest BCUT2D eigenvalue weighted by Crippen LogP contribution is -2.36. The van der Waals surface area contributed by atoms with E-state index in [1.54, 1.807) is 67.6 Å². The van der Waals surface area contributed by atoms with E-state index in [1.165, 1.54) is 12.1 Å². The number of sulfonamides is 1. The van der Waals surface area contributed by atoms with E-state index in [0.29, 0.717) is 22.7 Å². The molecule has 1 aromatic heterocycles. The van der Waals surface area contributed by atoms with Gasteiger partial charge in [-0.1, -0.05) is 18.2 Å². The van der Waals surface area contributed by atoms with E-state index in [2.05, 4.69) is 0 Å². The maximum atomic E-state index is 13.6. The molecule has 0 bridgehead atoms. The Hall–Kier alpha value is -4.38. The summed E-state index contributed by atoms with van der Waals surface area (Å²) in [5, 5.41) is 7.56. The number of hydrogen-bond acceptors (Lipinski definition) is 7. The molecule has 0 aliphatic heterocycles. The van der Waals surface area contributed by atoms with Crippen LogP contribution < -0.4 is 14.8 Å². The van der Waals surface area contributed by atoms with E-state index in [9.17, 15) is 13.2 Å². The molecule has 0 saturated heterocycles. The van der Waals surface area contributed by atoms with Gasteiger partial charge in [-0.3, -0.25) is 14.5 Å². The molecule has 1 heterocycles. The second kappa shape index (κ2) is 10.8. The van der Waals surface area contributed by atoms with Crippen LogP contribution >= 0.6 is 0 Å². The molecule has 0 aliphatic carbocycles.